The molecule has 2 amide bonds. The fourth-order valence-electron chi connectivity index (χ4n) is 2.85. The molecule has 1 aliphatic rings. The summed E-state index contributed by atoms with van der Waals surface area (Å²) in [6, 6.07) is 5.23. The van der Waals surface area contributed by atoms with Crippen LogP contribution in [0.2, 0.25) is 0 Å². The molecule has 0 aliphatic carbocycles. The Morgan fingerprint density at radius 1 is 1.30 bits per heavy atom. The van der Waals surface area contributed by atoms with Gasteiger partial charge in [-0.1, -0.05) is 25.2 Å². The first-order valence-corrected chi connectivity index (χ1v) is 9.41. The number of ether oxygens (including phenoxy) is 2. The maximum absolute atomic E-state index is 12.6. The second-order valence-corrected chi connectivity index (χ2v) is 7.54. The lowest BCUT2D eigenvalue weighted by Gasteiger charge is -2.20. The van der Waals surface area contributed by atoms with Crippen LogP contribution < -0.4 is 19.7 Å². The number of carbonyl (C=O) groups excluding carboxylic acids is 2. The average molecular weight is 390 g/mol. The number of benzene rings is 1. The highest BCUT2D eigenvalue weighted by molar-refractivity contribution is 7.15. The van der Waals surface area contributed by atoms with Crippen LogP contribution in [0.5, 0.6) is 11.5 Å². The molecular weight excluding hydrogens is 368 g/mol. The summed E-state index contributed by atoms with van der Waals surface area (Å²) in [7, 11) is 3.10. The largest absolute Gasteiger partial charge is 0.497 e. The first-order chi connectivity index (χ1) is 12.9. The minimum atomic E-state index is -0.462. The van der Waals surface area contributed by atoms with Crippen molar-refractivity contribution in [1.82, 2.24) is 10.2 Å². The van der Waals surface area contributed by atoms with Gasteiger partial charge < -0.3 is 19.7 Å². The van der Waals surface area contributed by atoms with Gasteiger partial charge in [-0.05, 0) is 12.1 Å². The molecule has 1 saturated heterocycles. The highest BCUT2D eigenvalue weighted by Crippen LogP contribution is 2.36. The van der Waals surface area contributed by atoms with E-state index in [1.54, 1.807) is 30.2 Å². The number of nitrogens with one attached hydrogen (secondary N) is 1. The van der Waals surface area contributed by atoms with Crippen molar-refractivity contribution in [1.29, 1.82) is 0 Å². The predicted molar refractivity (Wildman–Crippen MR) is 103 cm³/mol. The minimum Gasteiger partial charge on any atom is -0.497 e. The number of methoxy groups -OCH3 is 2. The number of nitrogens with zero attached hydrogens (tertiary/aromatic N) is 3. The van der Waals surface area contributed by atoms with E-state index in [1.807, 2.05) is 13.8 Å². The number of hydrogen-bond acceptors (Lipinski definition) is 7. The third-order valence-corrected chi connectivity index (χ3v) is 5.48. The Bertz CT molecular complexity index is 852. The molecule has 144 valence electrons. The molecular formula is C18H22N4O4S. The van der Waals surface area contributed by atoms with E-state index >= 15 is 0 Å². The first-order valence-electron chi connectivity index (χ1n) is 8.59. The molecule has 1 atom stereocenters. The average Bonchev–Trinajstić information content (AvgIpc) is 3.28. The number of aromatic nitrogens is 2. The van der Waals surface area contributed by atoms with E-state index in [2.05, 4.69) is 15.5 Å². The summed E-state index contributed by atoms with van der Waals surface area (Å²) in [6.07, 6.45) is 0.136. The Morgan fingerprint density at radius 3 is 2.70 bits per heavy atom. The number of carbonyl (C=O) groups is 2. The van der Waals surface area contributed by atoms with Crippen molar-refractivity contribution in [3.05, 3.63) is 23.2 Å². The second kappa shape index (κ2) is 7.91. The second-order valence-electron chi connectivity index (χ2n) is 6.53. The third-order valence-electron chi connectivity index (χ3n) is 4.34. The molecule has 2 aromatic rings. The summed E-state index contributed by atoms with van der Waals surface area (Å²) in [5.74, 6) is 0.585. The number of rotatable bonds is 6. The maximum atomic E-state index is 12.6. The molecule has 3 rings (SSSR count). The summed E-state index contributed by atoms with van der Waals surface area (Å²) in [6.45, 7) is 4.31. The molecule has 0 spiro atoms. The van der Waals surface area contributed by atoms with E-state index in [4.69, 9.17) is 9.47 Å². The fourth-order valence-corrected chi connectivity index (χ4v) is 3.60. The van der Waals surface area contributed by atoms with Gasteiger partial charge in [0.2, 0.25) is 16.9 Å². The van der Waals surface area contributed by atoms with Crippen molar-refractivity contribution >= 4 is 34.0 Å². The van der Waals surface area contributed by atoms with Gasteiger partial charge in [-0.25, -0.2) is 0 Å². The van der Waals surface area contributed by atoms with Crippen LogP contribution in [-0.4, -0.2) is 42.8 Å². The molecule has 1 fully saturated rings. The zero-order valence-electron chi connectivity index (χ0n) is 15.7. The molecule has 0 saturated carbocycles. The van der Waals surface area contributed by atoms with Crippen LogP contribution in [0, 0.1) is 5.92 Å². The fraction of sp³-hybridized carbons (Fsp3) is 0.444. The lowest BCUT2D eigenvalue weighted by Crippen LogP contribution is -2.28. The molecule has 2 heterocycles. The molecule has 1 aromatic heterocycles. The zero-order valence-corrected chi connectivity index (χ0v) is 16.5. The molecule has 1 aliphatic heterocycles. The first kappa shape index (κ1) is 19.1. The van der Waals surface area contributed by atoms with Crippen LogP contribution in [0.3, 0.4) is 0 Å². The molecule has 27 heavy (non-hydrogen) atoms. The predicted octanol–water partition coefficient (Wildman–Crippen LogP) is 2.67. The number of amides is 2. The monoisotopic (exact) mass is 390 g/mol. The highest BCUT2D eigenvalue weighted by Gasteiger charge is 2.36. The van der Waals surface area contributed by atoms with Crippen LogP contribution >= 0.6 is 11.3 Å². The van der Waals surface area contributed by atoms with Crippen LogP contribution in [0.25, 0.3) is 0 Å². The van der Waals surface area contributed by atoms with Gasteiger partial charge in [0.15, 0.2) is 0 Å². The summed E-state index contributed by atoms with van der Waals surface area (Å²) < 4.78 is 10.6. The Hall–Kier alpha value is -2.68. The van der Waals surface area contributed by atoms with Crippen LogP contribution in [0.4, 0.5) is 10.8 Å². The van der Waals surface area contributed by atoms with Crippen LogP contribution in [0.15, 0.2) is 18.2 Å². The third kappa shape index (κ3) is 4.02. The van der Waals surface area contributed by atoms with E-state index < -0.39 is 5.92 Å². The van der Waals surface area contributed by atoms with Gasteiger partial charge in [0, 0.05) is 24.9 Å². The highest BCUT2D eigenvalue weighted by atomic mass is 32.1. The van der Waals surface area contributed by atoms with Crippen molar-refractivity contribution in [3.8, 4) is 11.5 Å². The van der Waals surface area contributed by atoms with Crippen LogP contribution in [0.1, 0.15) is 31.2 Å². The van der Waals surface area contributed by atoms with Gasteiger partial charge in [0.05, 0.1) is 25.8 Å². The molecule has 1 unspecified atom stereocenters. The van der Waals surface area contributed by atoms with Crippen molar-refractivity contribution in [2.45, 2.75) is 26.2 Å². The van der Waals surface area contributed by atoms with E-state index in [0.717, 1.165) is 5.01 Å². The molecule has 1 aromatic carbocycles. The van der Waals surface area contributed by atoms with Crippen molar-refractivity contribution < 1.29 is 19.1 Å². The van der Waals surface area contributed by atoms with Gasteiger partial charge in [-0.3, -0.25) is 9.59 Å². The standard InChI is InChI=1S/C18H22N4O4S/c1-10(2)17-20-21-18(27-17)19-16(24)11-7-15(23)22(9-11)13-6-5-12(25-3)8-14(13)26-4/h5-6,8,10-11H,7,9H2,1-4H3,(H,19,21,24). The summed E-state index contributed by atoms with van der Waals surface area (Å²) in [5.41, 5.74) is 0.622. The van der Waals surface area contributed by atoms with Crippen molar-refractivity contribution in [3.63, 3.8) is 0 Å². The number of hydrogen-bond donors (Lipinski definition) is 1. The Balaban J connectivity index is 1.72. The van der Waals surface area contributed by atoms with E-state index in [0.29, 0.717) is 22.3 Å². The molecule has 0 bridgehead atoms. The molecule has 8 nitrogen and oxygen atoms in total. The van der Waals surface area contributed by atoms with Gasteiger partial charge >= 0.3 is 0 Å². The summed E-state index contributed by atoms with van der Waals surface area (Å²) in [4.78, 5) is 26.6. The Morgan fingerprint density at radius 2 is 2.07 bits per heavy atom. The minimum absolute atomic E-state index is 0.126. The SMILES string of the molecule is COc1ccc(N2CC(C(=O)Nc3nnc(C(C)C)s3)CC2=O)c(OC)c1. The number of anilines is 2. The zero-order chi connectivity index (χ0) is 19.6. The Kier molecular flexibility index (Phi) is 5.59. The Labute approximate surface area is 161 Å². The topological polar surface area (TPSA) is 93.6 Å². The summed E-state index contributed by atoms with van der Waals surface area (Å²) >= 11 is 1.35. The molecule has 1 N–H and O–H groups in total. The quantitative estimate of drug-likeness (QED) is 0.815. The van der Waals surface area contributed by atoms with Crippen molar-refractivity contribution in [2.24, 2.45) is 5.92 Å². The van der Waals surface area contributed by atoms with E-state index in [9.17, 15) is 9.59 Å². The van der Waals surface area contributed by atoms with Gasteiger partial charge in [0.1, 0.15) is 16.5 Å². The lowest BCUT2D eigenvalue weighted by atomic mass is 10.1. The normalized spacial score (nSPS) is 16.7. The van der Waals surface area contributed by atoms with E-state index in [1.165, 1.54) is 18.4 Å². The van der Waals surface area contributed by atoms with Gasteiger partial charge in [-0.2, -0.15) is 0 Å². The van der Waals surface area contributed by atoms with Gasteiger partial charge in [0.25, 0.3) is 0 Å². The maximum Gasteiger partial charge on any atom is 0.231 e. The summed E-state index contributed by atoms with van der Waals surface area (Å²) in [5, 5.41) is 12.1. The van der Waals surface area contributed by atoms with Gasteiger partial charge in [-0.15, -0.1) is 10.2 Å². The van der Waals surface area contributed by atoms with E-state index in [-0.39, 0.29) is 30.7 Å². The lowest BCUT2D eigenvalue weighted by molar-refractivity contribution is -0.122. The van der Waals surface area contributed by atoms with Crippen molar-refractivity contribution in [2.75, 3.05) is 31.0 Å². The molecule has 0 radical (unpaired) electrons. The van der Waals surface area contributed by atoms with Crippen LogP contribution in [-0.2, 0) is 9.59 Å². The molecule has 9 heteroatoms. The smallest absolute Gasteiger partial charge is 0.231 e.